The molecule has 0 aliphatic carbocycles. The van der Waals surface area contributed by atoms with Gasteiger partial charge in [0.05, 0.1) is 12.7 Å². The third-order valence-corrected chi connectivity index (χ3v) is 3.16. The lowest BCUT2D eigenvalue weighted by atomic mass is 9.91. The third-order valence-electron chi connectivity index (χ3n) is 3.16. The van der Waals surface area contributed by atoms with Crippen molar-refractivity contribution in [2.75, 3.05) is 6.61 Å². The first-order chi connectivity index (χ1) is 8.02. The monoisotopic (exact) mass is 250 g/mol. The number of hydrogen-bond donors (Lipinski definition) is 5. The highest BCUT2D eigenvalue weighted by Crippen LogP contribution is 2.24. The quantitative estimate of drug-likeness (QED) is 0.401. The fourth-order valence-electron chi connectivity index (χ4n) is 2.03. The molecule has 17 heavy (non-hydrogen) atoms. The highest BCUT2D eigenvalue weighted by atomic mass is 16.6. The molecule has 0 aromatic carbocycles. The molecule has 0 aromatic heterocycles. The number of ether oxygens (including phenoxy) is 1. The summed E-state index contributed by atoms with van der Waals surface area (Å²) in [5.74, 6) is 0. The predicted molar refractivity (Wildman–Crippen MR) is 59.3 cm³/mol. The second-order valence-electron chi connectivity index (χ2n) is 4.50. The normalized spacial score (nSPS) is 40.2. The predicted octanol–water partition coefficient (Wildman–Crippen LogP) is -1.62. The zero-order valence-corrected chi connectivity index (χ0v) is 9.94. The summed E-state index contributed by atoms with van der Waals surface area (Å²) in [6.45, 7) is 1.50. The molecular formula is C11H22O6. The summed E-state index contributed by atoms with van der Waals surface area (Å²) in [4.78, 5) is 0. The van der Waals surface area contributed by atoms with E-state index in [1.807, 2.05) is 6.92 Å². The van der Waals surface area contributed by atoms with E-state index in [1.54, 1.807) is 0 Å². The molecule has 0 bridgehead atoms. The largest absolute Gasteiger partial charge is 0.394 e. The molecule has 0 saturated carbocycles. The Morgan fingerprint density at radius 3 is 2.29 bits per heavy atom. The molecule has 0 aromatic rings. The fraction of sp³-hybridized carbons (Fsp3) is 1.00. The number of hydrogen-bond acceptors (Lipinski definition) is 6. The Bertz CT molecular complexity index is 222. The highest BCUT2D eigenvalue weighted by molar-refractivity contribution is 4.94. The lowest BCUT2D eigenvalue weighted by Gasteiger charge is -2.41. The first-order valence-corrected chi connectivity index (χ1v) is 6.01. The Hall–Kier alpha value is -0.240. The van der Waals surface area contributed by atoms with Crippen molar-refractivity contribution in [2.24, 2.45) is 0 Å². The van der Waals surface area contributed by atoms with Crippen LogP contribution in [-0.2, 0) is 4.74 Å². The summed E-state index contributed by atoms with van der Waals surface area (Å²) in [7, 11) is 0. The SMILES string of the molecule is CCCCC(O)C1O[C@H](CO)[C@@H](O)[C@H](O)[C@H]1O. The first kappa shape index (κ1) is 14.8. The molecule has 1 fully saturated rings. The number of aliphatic hydroxyl groups is 5. The van der Waals surface area contributed by atoms with Crippen molar-refractivity contribution in [1.29, 1.82) is 0 Å². The van der Waals surface area contributed by atoms with E-state index in [4.69, 9.17) is 9.84 Å². The van der Waals surface area contributed by atoms with Crippen molar-refractivity contribution in [3.63, 3.8) is 0 Å². The molecule has 0 spiro atoms. The minimum atomic E-state index is -1.41. The van der Waals surface area contributed by atoms with Crippen LogP contribution in [0.4, 0.5) is 0 Å². The van der Waals surface area contributed by atoms with Gasteiger partial charge in [-0.1, -0.05) is 19.8 Å². The van der Waals surface area contributed by atoms with Crippen LogP contribution in [0.15, 0.2) is 0 Å². The van der Waals surface area contributed by atoms with Gasteiger partial charge in [0.15, 0.2) is 0 Å². The van der Waals surface area contributed by atoms with Gasteiger partial charge in [0.2, 0.25) is 0 Å². The van der Waals surface area contributed by atoms with Crippen LogP contribution in [0.3, 0.4) is 0 Å². The van der Waals surface area contributed by atoms with Crippen molar-refractivity contribution in [3.05, 3.63) is 0 Å². The minimum Gasteiger partial charge on any atom is -0.394 e. The first-order valence-electron chi connectivity index (χ1n) is 6.01. The van der Waals surface area contributed by atoms with Crippen LogP contribution in [-0.4, -0.2) is 68.8 Å². The van der Waals surface area contributed by atoms with E-state index in [0.29, 0.717) is 6.42 Å². The van der Waals surface area contributed by atoms with Crippen molar-refractivity contribution in [3.8, 4) is 0 Å². The van der Waals surface area contributed by atoms with E-state index in [2.05, 4.69) is 0 Å². The minimum absolute atomic E-state index is 0.444. The van der Waals surface area contributed by atoms with Crippen LogP contribution in [0.5, 0.6) is 0 Å². The Labute approximate surface area is 100 Å². The zero-order valence-electron chi connectivity index (χ0n) is 9.94. The van der Waals surface area contributed by atoms with Gasteiger partial charge >= 0.3 is 0 Å². The Kier molecular flexibility index (Phi) is 5.78. The molecule has 0 radical (unpaired) electrons. The summed E-state index contributed by atoms with van der Waals surface area (Å²) in [6, 6.07) is 0. The maximum atomic E-state index is 9.83. The molecule has 5 N–H and O–H groups in total. The molecule has 1 heterocycles. The molecule has 102 valence electrons. The topological polar surface area (TPSA) is 110 Å². The van der Waals surface area contributed by atoms with Gasteiger partial charge < -0.3 is 30.3 Å². The van der Waals surface area contributed by atoms with Crippen LogP contribution >= 0.6 is 0 Å². The van der Waals surface area contributed by atoms with E-state index in [0.717, 1.165) is 12.8 Å². The average molecular weight is 250 g/mol. The van der Waals surface area contributed by atoms with Crippen LogP contribution in [0, 0.1) is 0 Å². The van der Waals surface area contributed by atoms with Gasteiger partial charge in [-0.3, -0.25) is 0 Å². The van der Waals surface area contributed by atoms with Crippen molar-refractivity contribution < 1.29 is 30.3 Å². The lowest BCUT2D eigenvalue weighted by molar-refractivity contribution is -0.249. The second kappa shape index (κ2) is 6.63. The Morgan fingerprint density at radius 1 is 1.12 bits per heavy atom. The number of aliphatic hydroxyl groups excluding tert-OH is 5. The van der Waals surface area contributed by atoms with Crippen molar-refractivity contribution in [2.45, 2.75) is 62.8 Å². The van der Waals surface area contributed by atoms with Crippen molar-refractivity contribution >= 4 is 0 Å². The molecule has 6 heteroatoms. The van der Waals surface area contributed by atoms with E-state index in [-0.39, 0.29) is 0 Å². The molecule has 1 saturated heterocycles. The van der Waals surface area contributed by atoms with Gasteiger partial charge in [-0.25, -0.2) is 0 Å². The maximum absolute atomic E-state index is 9.83. The lowest BCUT2D eigenvalue weighted by Crippen LogP contribution is -2.61. The van der Waals surface area contributed by atoms with Gasteiger partial charge in [0.1, 0.15) is 30.5 Å². The zero-order chi connectivity index (χ0) is 13.0. The van der Waals surface area contributed by atoms with Gasteiger partial charge in [-0.15, -0.1) is 0 Å². The molecule has 6 atom stereocenters. The highest BCUT2D eigenvalue weighted by Gasteiger charge is 2.45. The second-order valence-corrected chi connectivity index (χ2v) is 4.50. The average Bonchev–Trinajstić information content (AvgIpc) is 2.33. The summed E-state index contributed by atoms with van der Waals surface area (Å²) < 4.78 is 5.23. The van der Waals surface area contributed by atoms with E-state index >= 15 is 0 Å². The van der Waals surface area contributed by atoms with Crippen LogP contribution in [0.2, 0.25) is 0 Å². The van der Waals surface area contributed by atoms with Gasteiger partial charge in [-0.2, -0.15) is 0 Å². The standard InChI is InChI=1S/C11H22O6/c1-2-3-4-6(13)11-10(16)9(15)8(14)7(5-12)17-11/h6-16H,2-5H2,1H3/t6?,7-,8-,9+,10-,11?/m1/s1. The van der Waals surface area contributed by atoms with E-state index in [1.165, 1.54) is 0 Å². The van der Waals surface area contributed by atoms with Crippen LogP contribution in [0.25, 0.3) is 0 Å². The van der Waals surface area contributed by atoms with Crippen LogP contribution in [0.1, 0.15) is 26.2 Å². The molecule has 1 aliphatic heterocycles. The summed E-state index contributed by atoms with van der Waals surface area (Å²) in [6.07, 6.45) is -4.86. The Morgan fingerprint density at radius 2 is 1.76 bits per heavy atom. The molecule has 6 nitrogen and oxygen atoms in total. The summed E-state index contributed by atoms with van der Waals surface area (Å²) in [5, 5.41) is 47.6. The summed E-state index contributed by atoms with van der Waals surface area (Å²) in [5.41, 5.74) is 0. The molecule has 2 unspecified atom stereocenters. The molecule has 0 amide bonds. The van der Waals surface area contributed by atoms with Crippen LogP contribution < -0.4 is 0 Å². The van der Waals surface area contributed by atoms with E-state index < -0.39 is 43.2 Å². The molecule has 1 rings (SSSR count). The smallest absolute Gasteiger partial charge is 0.112 e. The maximum Gasteiger partial charge on any atom is 0.112 e. The number of unbranched alkanes of at least 4 members (excludes halogenated alkanes) is 1. The molecule has 1 aliphatic rings. The Balaban J connectivity index is 2.64. The number of rotatable bonds is 5. The van der Waals surface area contributed by atoms with Gasteiger partial charge in [0, 0.05) is 0 Å². The van der Waals surface area contributed by atoms with Gasteiger partial charge in [-0.05, 0) is 6.42 Å². The fourth-order valence-corrected chi connectivity index (χ4v) is 2.03. The van der Waals surface area contributed by atoms with Gasteiger partial charge in [0.25, 0.3) is 0 Å². The molecular weight excluding hydrogens is 228 g/mol. The summed E-state index contributed by atoms with van der Waals surface area (Å²) >= 11 is 0. The van der Waals surface area contributed by atoms with Crippen molar-refractivity contribution in [1.82, 2.24) is 0 Å². The van der Waals surface area contributed by atoms with E-state index in [9.17, 15) is 20.4 Å². The third kappa shape index (κ3) is 3.37.